The highest BCUT2D eigenvalue weighted by molar-refractivity contribution is 6.00. The molecule has 2 aromatic rings. The van der Waals surface area contributed by atoms with E-state index in [1.807, 2.05) is 36.4 Å². The lowest BCUT2D eigenvalue weighted by atomic mass is 9.91. The molecule has 0 heterocycles. The maximum atomic E-state index is 12.3. The quantitative estimate of drug-likeness (QED) is 0.788. The van der Waals surface area contributed by atoms with Crippen LogP contribution in [0.1, 0.15) is 47.2 Å². The van der Waals surface area contributed by atoms with Crippen molar-refractivity contribution >= 4 is 11.8 Å². The molecule has 0 saturated carbocycles. The third kappa shape index (κ3) is 4.19. The molecular formula is C19H20O4. The normalized spacial score (nSPS) is 11.7. The number of carboxylic acid groups (broad SMARTS) is 1. The van der Waals surface area contributed by atoms with Gasteiger partial charge in [0.2, 0.25) is 0 Å². The average molecular weight is 312 g/mol. The van der Waals surface area contributed by atoms with E-state index >= 15 is 0 Å². The number of benzene rings is 2. The molecule has 23 heavy (non-hydrogen) atoms. The van der Waals surface area contributed by atoms with Crippen molar-refractivity contribution in [2.75, 3.05) is 7.11 Å². The highest BCUT2D eigenvalue weighted by atomic mass is 16.5. The number of hydrogen-bond donors (Lipinski definition) is 1. The molecule has 1 N–H and O–H groups in total. The first-order chi connectivity index (χ1) is 11.0. The van der Waals surface area contributed by atoms with Gasteiger partial charge in [-0.3, -0.25) is 9.59 Å². The molecule has 0 bridgehead atoms. The van der Waals surface area contributed by atoms with Crippen molar-refractivity contribution < 1.29 is 19.4 Å². The third-order valence-corrected chi connectivity index (χ3v) is 3.89. The van der Waals surface area contributed by atoms with Crippen LogP contribution in [0.5, 0.6) is 5.75 Å². The van der Waals surface area contributed by atoms with Crippen molar-refractivity contribution in [2.24, 2.45) is 0 Å². The fourth-order valence-electron chi connectivity index (χ4n) is 2.50. The zero-order valence-electron chi connectivity index (χ0n) is 13.3. The summed E-state index contributed by atoms with van der Waals surface area (Å²) in [5, 5.41) is 8.74. The Morgan fingerprint density at radius 2 is 1.74 bits per heavy atom. The highest BCUT2D eigenvalue weighted by Crippen LogP contribution is 2.29. The molecule has 4 heteroatoms. The van der Waals surface area contributed by atoms with Crippen molar-refractivity contribution in [2.45, 2.75) is 25.7 Å². The Kier molecular flexibility index (Phi) is 5.52. The minimum Gasteiger partial charge on any atom is -0.496 e. The number of ether oxygens (including phenoxy) is 1. The van der Waals surface area contributed by atoms with Crippen LogP contribution in [0.15, 0.2) is 48.5 Å². The molecule has 0 radical (unpaired) electrons. The lowest BCUT2D eigenvalue weighted by Gasteiger charge is -2.15. The van der Waals surface area contributed by atoms with E-state index in [1.165, 1.54) is 7.11 Å². The van der Waals surface area contributed by atoms with Gasteiger partial charge in [-0.15, -0.1) is 0 Å². The molecule has 0 saturated heterocycles. The molecule has 0 aliphatic rings. The smallest absolute Gasteiger partial charge is 0.303 e. The molecule has 0 unspecified atom stereocenters. The summed E-state index contributed by atoms with van der Waals surface area (Å²) < 4.78 is 5.25. The van der Waals surface area contributed by atoms with E-state index in [0.717, 1.165) is 11.1 Å². The van der Waals surface area contributed by atoms with E-state index in [9.17, 15) is 9.59 Å². The predicted octanol–water partition coefficient (Wildman–Crippen LogP) is 3.89. The van der Waals surface area contributed by atoms with Gasteiger partial charge in [0, 0.05) is 12.3 Å². The molecule has 1 atom stereocenters. The maximum absolute atomic E-state index is 12.3. The zero-order valence-corrected chi connectivity index (χ0v) is 13.3. The number of carbonyl (C=O) groups excluding carboxylic acids is 1. The van der Waals surface area contributed by atoms with E-state index in [-0.39, 0.29) is 24.5 Å². The van der Waals surface area contributed by atoms with E-state index in [1.54, 1.807) is 12.1 Å². The monoisotopic (exact) mass is 312 g/mol. The number of aliphatic carboxylic acids is 1. The van der Waals surface area contributed by atoms with Crippen molar-refractivity contribution in [1.82, 2.24) is 0 Å². The van der Waals surface area contributed by atoms with Crippen molar-refractivity contribution in [1.29, 1.82) is 0 Å². The van der Waals surface area contributed by atoms with Crippen LogP contribution in [-0.2, 0) is 4.79 Å². The van der Waals surface area contributed by atoms with Gasteiger partial charge >= 0.3 is 5.97 Å². The number of methoxy groups -OCH3 is 1. The number of carboxylic acids is 1. The molecule has 120 valence electrons. The second-order valence-electron chi connectivity index (χ2n) is 5.41. The standard InChI is InChI=1S/C19H20O4/c1-13(14-6-4-3-5-7-14)15-8-10-18(23-2)16(12-15)17(20)9-11-19(21)22/h3-8,10,12-13H,9,11H2,1-2H3,(H,21,22)/t13-/m1/s1. The van der Waals surface area contributed by atoms with E-state index in [2.05, 4.69) is 6.92 Å². The topological polar surface area (TPSA) is 63.6 Å². The van der Waals surface area contributed by atoms with Gasteiger partial charge < -0.3 is 9.84 Å². The summed E-state index contributed by atoms with van der Waals surface area (Å²) in [6.07, 6.45) is -0.213. The molecular weight excluding hydrogens is 292 g/mol. The number of Topliss-reactive ketones (excluding diaryl/α,β-unsaturated/α-hetero) is 1. The van der Waals surface area contributed by atoms with Crippen LogP contribution >= 0.6 is 0 Å². The summed E-state index contributed by atoms with van der Waals surface area (Å²) in [6, 6.07) is 15.5. The molecule has 2 rings (SSSR count). The minimum absolute atomic E-state index is 0.0329. The SMILES string of the molecule is COc1ccc([C@H](C)c2ccccc2)cc1C(=O)CCC(=O)O. The van der Waals surface area contributed by atoms with E-state index in [4.69, 9.17) is 9.84 Å². The van der Waals surface area contributed by atoms with E-state index in [0.29, 0.717) is 11.3 Å². The minimum atomic E-state index is -0.980. The summed E-state index contributed by atoms with van der Waals surface area (Å²) in [7, 11) is 1.50. The van der Waals surface area contributed by atoms with Gasteiger partial charge in [0.1, 0.15) is 5.75 Å². The second-order valence-corrected chi connectivity index (χ2v) is 5.41. The van der Waals surface area contributed by atoms with Crippen LogP contribution in [-0.4, -0.2) is 24.0 Å². The van der Waals surface area contributed by atoms with Gasteiger partial charge in [0.25, 0.3) is 0 Å². The summed E-state index contributed by atoms with van der Waals surface area (Å²) in [5.74, 6) is -0.588. The highest BCUT2D eigenvalue weighted by Gasteiger charge is 2.17. The lowest BCUT2D eigenvalue weighted by Crippen LogP contribution is -2.07. The molecule has 4 nitrogen and oxygen atoms in total. The first kappa shape index (κ1) is 16.7. The van der Waals surface area contributed by atoms with Crippen LogP contribution < -0.4 is 4.74 Å². The van der Waals surface area contributed by atoms with Crippen LogP contribution in [0, 0.1) is 0 Å². The predicted molar refractivity (Wildman–Crippen MR) is 88.2 cm³/mol. The summed E-state index contributed by atoms with van der Waals surface area (Å²) in [4.78, 5) is 23.0. The van der Waals surface area contributed by atoms with Gasteiger partial charge in [0.15, 0.2) is 5.78 Å². The molecule has 0 amide bonds. The molecule has 0 aliphatic heterocycles. The molecule has 0 aliphatic carbocycles. The van der Waals surface area contributed by atoms with Crippen LogP contribution in [0.2, 0.25) is 0 Å². The molecule has 0 aromatic heterocycles. The Labute approximate surface area is 135 Å². The van der Waals surface area contributed by atoms with Gasteiger partial charge in [-0.05, 0) is 23.3 Å². The fraction of sp³-hybridized carbons (Fsp3) is 0.263. The van der Waals surface area contributed by atoms with Crippen LogP contribution in [0.25, 0.3) is 0 Å². The van der Waals surface area contributed by atoms with Gasteiger partial charge in [0.05, 0.1) is 19.1 Å². The first-order valence-electron chi connectivity index (χ1n) is 7.50. The molecule has 0 spiro atoms. The largest absolute Gasteiger partial charge is 0.496 e. The summed E-state index contributed by atoms with van der Waals surface area (Å²) in [6.45, 7) is 2.07. The van der Waals surface area contributed by atoms with Crippen LogP contribution in [0.3, 0.4) is 0 Å². The number of carbonyl (C=O) groups is 2. The Morgan fingerprint density at radius 3 is 2.35 bits per heavy atom. The van der Waals surface area contributed by atoms with Crippen molar-refractivity contribution in [3.05, 3.63) is 65.2 Å². The lowest BCUT2D eigenvalue weighted by molar-refractivity contribution is -0.136. The zero-order chi connectivity index (χ0) is 16.8. The summed E-state index contributed by atoms with van der Waals surface area (Å²) in [5.41, 5.74) is 2.59. The van der Waals surface area contributed by atoms with Crippen LogP contribution in [0.4, 0.5) is 0 Å². The first-order valence-corrected chi connectivity index (χ1v) is 7.50. The molecule has 0 fully saturated rings. The Balaban J connectivity index is 2.31. The number of ketones is 1. The maximum Gasteiger partial charge on any atom is 0.303 e. The Hall–Kier alpha value is -2.62. The average Bonchev–Trinajstić information content (AvgIpc) is 2.59. The van der Waals surface area contributed by atoms with Gasteiger partial charge in [-0.1, -0.05) is 43.3 Å². The van der Waals surface area contributed by atoms with Gasteiger partial charge in [-0.25, -0.2) is 0 Å². The third-order valence-electron chi connectivity index (χ3n) is 3.89. The van der Waals surface area contributed by atoms with Crippen molar-refractivity contribution in [3.8, 4) is 5.75 Å². The Morgan fingerprint density at radius 1 is 1.04 bits per heavy atom. The molecule has 2 aromatic carbocycles. The number of rotatable bonds is 7. The number of hydrogen-bond acceptors (Lipinski definition) is 3. The summed E-state index contributed by atoms with van der Waals surface area (Å²) >= 11 is 0. The van der Waals surface area contributed by atoms with Crippen molar-refractivity contribution in [3.63, 3.8) is 0 Å². The van der Waals surface area contributed by atoms with E-state index < -0.39 is 5.97 Å². The fourth-order valence-corrected chi connectivity index (χ4v) is 2.50. The van der Waals surface area contributed by atoms with Gasteiger partial charge in [-0.2, -0.15) is 0 Å². The second kappa shape index (κ2) is 7.58. The Bertz CT molecular complexity index is 692.